The van der Waals surface area contributed by atoms with Gasteiger partial charge in [0.25, 0.3) is 0 Å². The summed E-state index contributed by atoms with van der Waals surface area (Å²) < 4.78 is 0. The van der Waals surface area contributed by atoms with E-state index >= 15 is 0 Å². The van der Waals surface area contributed by atoms with Crippen LogP contribution in [0.1, 0.15) is 58.8 Å². The lowest BCUT2D eigenvalue weighted by atomic mass is 9.94. The Morgan fingerprint density at radius 2 is 1.88 bits per heavy atom. The van der Waals surface area contributed by atoms with Gasteiger partial charge in [-0.15, -0.1) is 0 Å². The van der Waals surface area contributed by atoms with Gasteiger partial charge in [0.1, 0.15) is 0 Å². The standard InChI is InChI=1S/C18H35N3O2S2/c1-14(2)11-15(13-19)12-18(23)21-9-8-20-17(22)6-4-3-5-16-7-10-24-25-16/h14-16H,3-13,19H2,1-2H3,(H,20,22)(H,21,23)/t15-,16+/m0/s1. The summed E-state index contributed by atoms with van der Waals surface area (Å²) in [5, 5.41) is 6.53. The van der Waals surface area contributed by atoms with Crippen molar-refractivity contribution in [2.45, 2.75) is 64.0 Å². The van der Waals surface area contributed by atoms with Crippen molar-refractivity contribution in [2.75, 3.05) is 25.4 Å². The summed E-state index contributed by atoms with van der Waals surface area (Å²) in [6.45, 7) is 5.81. The van der Waals surface area contributed by atoms with Crippen molar-refractivity contribution in [3.8, 4) is 0 Å². The number of carbonyl (C=O) groups is 2. The van der Waals surface area contributed by atoms with Gasteiger partial charge in [0, 0.05) is 36.9 Å². The molecule has 0 aliphatic carbocycles. The molecule has 25 heavy (non-hydrogen) atoms. The Kier molecular flexibility index (Phi) is 12.5. The second kappa shape index (κ2) is 13.8. The van der Waals surface area contributed by atoms with Gasteiger partial charge in [0.15, 0.2) is 0 Å². The summed E-state index contributed by atoms with van der Waals surface area (Å²) in [6, 6.07) is 0. The number of hydrogen-bond acceptors (Lipinski definition) is 5. The predicted octanol–water partition coefficient (Wildman–Crippen LogP) is 2.94. The van der Waals surface area contributed by atoms with Crippen molar-refractivity contribution < 1.29 is 9.59 Å². The van der Waals surface area contributed by atoms with Crippen molar-refractivity contribution in [2.24, 2.45) is 17.6 Å². The molecule has 0 aromatic carbocycles. The molecule has 1 saturated heterocycles. The van der Waals surface area contributed by atoms with Crippen LogP contribution in [0.5, 0.6) is 0 Å². The molecule has 2 atom stereocenters. The molecule has 0 bridgehead atoms. The number of amides is 2. The van der Waals surface area contributed by atoms with Crippen LogP contribution in [0.2, 0.25) is 0 Å². The normalized spacial score (nSPS) is 18.3. The van der Waals surface area contributed by atoms with Crippen LogP contribution in [-0.2, 0) is 9.59 Å². The molecule has 1 aliphatic rings. The van der Waals surface area contributed by atoms with E-state index in [0.29, 0.717) is 38.4 Å². The summed E-state index contributed by atoms with van der Waals surface area (Å²) in [5.74, 6) is 2.17. The summed E-state index contributed by atoms with van der Waals surface area (Å²) in [6.07, 6.45) is 6.63. The predicted molar refractivity (Wildman–Crippen MR) is 110 cm³/mol. The van der Waals surface area contributed by atoms with Gasteiger partial charge >= 0.3 is 0 Å². The Labute approximate surface area is 160 Å². The average molecular weight is 390 g/mol. The van der Waals surface area contributed by atoms with Crippen LogP contribution in [-0.4, -0.2) is 42.5 Å². The third kappa shape index (κ3) is 11.8. The molecule has 1 heterocycles. The highest BCUT2D eigenvalue weighted by Crippen LogP contribution is 2.39. The lowest BCUT2D eigenvalue weighted by molar-refractivity contribution is -0.123. The van der Waals surface area contributed by atoms with Gasteiger partial charge in [-0.3, -0.25) is 9.59 Å². The van der Waals surface area contributed by atoms with Gasteiger partial charge in [0.05, 0.1) is 0 Å². The first-order valence-electron chi connectivity index (χ1n) is 9.53. The van der Waals surface area contributed by atoms with E-state index < -0.39 is 0 Å². The van der Waals surface area contributed by atoms with Gasteiger partial charge in [-0.1, -0.05) is 41.9 Å². The van der Waals surface area contributed by atoms with Crippen LogP contribution in [0.4, 0.5) is 0 Å². The van der Waals surface area contributed by atoms with Crippen LogP contribution in [0.3, 0.4) is 0 Å². The van der Waals surface area contributed by atoms with Crippen LogP contribution in [0.25, 0.3) is 0 Å². The average Bonchev–Trinajstić information content (AvgIpc) is 3.08. The molecule has 0 spiro atoms. The fourth-order valence-electron chi connectivity index (χ4n) is 2.98. The Bertz CT molecular complexity index is 389. The van der Waals surface area contributed by atoms with E-state index in [1.807, 2.05) is 21.6 Å². The van der Waals surface area contributed by atoms with Gasteiger partial charge in [-0.05, 0) is 44.1 Å². The molecule has 7 heteroatoms. The number of rotatable bonds is 13. The van der Waals surface area contributed by atoms with Crippen LogP contribution in [0, 0.1) is 11.8 Å². The smallest absolute Gasteiger partial charge is 0.220 e. The molecule has 0 radical (unpaired) electrons. The van der Waals surface area contributed by atoms with Crippen molar-refractivity contribution in [3.05, 3.63) is 0 Å². The molecular formula is C18H35N3O2S2. The lowest BCUT2D eigenvalue weighted by Crippen LogP contribution is -2.36. The minimum Gasteiger partial charge on any atom is -0.354 e. The Morgan fingerprint density at radius 1 is 1.16 bits per heavy atom. The maximum atomic E-state index is 11.9. The van der Waals surface area contributed by atoms with Gasteiger partial charge in [0.2, 0.25) is 11.8 Å². The zero-order valence-electron chi connectivity index (χ0n) is 15.7. The first-order chi connectivity index (χ1) is 12.0. The molecule has 1 fully saturated rings. The number of hydrogen-bond donors (Lipinski definition) is 3. The van der Waals surface area contributed by atoms with Crippen molar-refractivity contribution in [1.29, 1.82) is 0 Å². The second-order valence-corrected chi connectivity index (χ2v) is 10.00. The maximum absolute atomic E-state index is 11.9. The molecule has 0 aromatic heterocycles. The molecule has 0 unspecified atom stereocenters. The van der Waals surface area contributed by atoms with E-state index in [2.05, 4.69) is 24.5 Å². The van der Waals surface area contributed by atoms with Crippen molar-refractivity contribution in [1.82, 2.24) is 10.6 Å². The van der Waals surface area contributed by atoms with Gasteiger partial charge < -0.3 is 16.4 Å². The number of nitrogens with two attached hydrogens (primary N) is 1. The molecule has 4 N–H and O–H groups in total. The summed E-state index contributed by atoms with van der Waals surface area (Å²) >= 11 is 0. The number of carbonyl (C=O) groups excluding carboxylic acids is 2. The van der Waals surface area contributed by atoms with Crippen molar-refractivity contribution >= 4 is 33.4 Å². The molecular weight excluding hydrogens is 354 g/mol. The largest absolute Gasteiger partial charge is 0.354 e. The SMILES string of the molecule is CC(C)C[C@H](CN)CC(=O)NCCNC(=O)CCCC[C@@H]1CCSS1. The summed E-state index contributed by atoms with van der Waals surface area (Å²) in [7, 11) is 3.96. The zero-order chi connectivity index (χ0) is 18.5. The first-order valence-corrected chi connectivity index (χ1v) is 11.9. The molecule has 0 aromatic rings. The number of nitrogens with one attached hydrogen (secondary N) is 2. The fraction of sp³-hybridized carbons (Fsp3) is 0.889. The Morgan fingerprint density at radius 3 is 2.48 bits per heavy atom. The maximum Gasteiger partial charge on any atom is 0.220 e. The monoisotopic (exact) mass is 389 g/mol. The molecule has 146 valence electrons. The van der Waals surface area contributed by atoms with Crippen LogP contribution < -0.4 is 16.4 Å². The Balaban J connectivity index is 1.98. The summed E-state index contributed by atoms with van der Waals surface area (Å²) in [4.78, 5) is 23.7. The van der Waals surface area contributed by atoms with E-state index in [4.69, 9.17) is 5.73 Å². The van der Waals surface area contributed by atoms with E-state index in [0.717, 1.165) is 24.5 Å². The highest BCUT2D eigenvalue weighted by molar-refractivity contribution is 8.77. The minimum absolute atomic E-state index is 0.0253. The quantitative estimate of drug-likeness (QED) is 0.333. The van der Waals surface area contributed by atoms with Crippen LogP contribution in [0.15, 0.2) is 0 Å². The molecule has 0 saturated carbocycles. The third-order valence-electron chi connectivity index (χ3n) is 4.29. The minimum atomic E-state index is 0.0253. The van der Waals surface area contributed by atoms with Gasteiger partial charge in [-0.25, -0.2) is 0 Å². The number of unbranched alkanes of at least 4 members (excludes halogenated alkanes) is 1. The van der Waals surface area contributed by atoms with E-state index in [1.165, 1.54) is 18.6 Å². The lowest BCUT2D eigenvalue weighted by Gasteiger charge is -2.16. The van der Waals surface area contributed by atoms with E-state index in [9.17, 15) is 9.59 Å². The second-order valence-electron chi connectivity index (χ2n) is 7.21. The molecule has 5 nitrogen and oxygen atoms in total. The zero-order valence-corrected chi connectivity index (χ0v) is 17.4. The summed E-state index contributed by atoms with van der Waals surface area (Å²) in [5.41, 5.74) is 5.72. The first kappa shape index (κ1) is 22.6. The molecule has 2 amide bonds. The molecule has 1 aliphatic heterocycles. The van der Waals surface area contributed by atoms with Crippen LogP contribution >= 0.6 is 21.6 Å². The Hall–Kier alpha value is -0.400. The topological polar surface area (TPSA) is 84.2 Å². The van der Waals surface area contributed by atoms with E-state index in [-0.39, 0.29) is 17.7 Å². The fourth-order valence-corrected chi connectivity index (χ4v) is 6.01. The highest BCUT2D eigenvalue weighted by atomic mass is 33.1. The van der Waals surface area contributed by atoms with Gasteiger partial charge in [-0.2, -0.15) is 0 Å². The molecule has 1 rings (SSSR count). The van der Waals surface area contributed by atoms with E-state index in [1.54, 1.807) is 0 Å². The van der Waals surface area contributed by atoms with Crippen molar-refractivity contribution in [3.63, 3.8) is 0 Å². The highest BCUT2D eigenvalue weighted by Gasteiger charge is 2.16. The third-order valence-corrected chi connectivity index (χ3v) is 7.30.